The van der Waals surface area contributed by atoms with Gasteiger partial charge in [0, 0.05) is 26.3 Å². The van der Waals surface area contributed by atoms with Gasteiger partial charge in [0.15, 0.2) is 0 Å². The summed E-state index contributed by atoms with van der Waals surface area (Å²) in [4.78, 5) is 14.6. The van der Waals surface area contributed by atoms with E-state index in [0.29, 0.717) is 0 Å². The molecule has 2 fully saturated rings. The number of hydrogen-bond donors (Lipinski definition) is 1. The molecule has 2 N–H and O–H groups in total. The van der Waals surface area contributed by atoms with Crippen molar-refractivity contribution >= 4 is 18.3 Å². The van der Waals surface area contributed by atoms with Crippen molar-refractivity contribution in [2.24, 2.45) is 11.1 Å². The number of ether oxygens (including phenoxy) is 1. The van der Waals surface area contributed by atoms with Gasteiger partial charge in [-0.15, -0.1) is 12.4 Å². The molecule has 3 rings (SSSR count). The van der Waals surface area contributed by atoms with Crippen LogP contribution in [0.25, 0.3) is 0 Å². The molecule has 4 nitrogen and oxygen atoms in total. The lowest BCUT2D eigenvalue weighted by molar-refractivity contribution is -0.132. The Morgan fingerprint density at radius 1 is 1.23 bits per heavy atom. The predicted molar refractivity (Wildman–Crippen MR) is 89.0 cm³/mol. The second kappa shape index (κ2) is 6.99. The lowest BCUT2D eigenvalue weighted by Gasteiger charge is -2.33. The highest BCUT2D eigenvalue weighted by molar-refractivity contribution is 5.85. The first kappa shape index (κ1) is 17.3. The van der Waals surface area contributed by atoms with Gasteiger partial charge in [0.1, 0.15) is 6.04 Å². The van der Waals surface area contributed by atoms with Crippen molar-refractivity contribution in [3.8, 4) is 0 Å². The summed E-state index contributed by atoms with van der Waals surface area (Å²) in [5.41, 5.74) is 8.53. The Hall–Kier alpha value is -1.10. The second-order valence-electron chi connectivity index (χ2n) is 6.51. The summed E-state index contributed by atoms with van der Waals surface area (Å²) in [5, 5.41) is 0. The van der Waals surface area contributed by atoms with Crippen molar-refractivity contribution in [3.63, 3.8) is 0 Å². The van der Waals surface area contributed by atoms with E-state index < -0.39 is 6.04 Å². The molecule has 0 aromatic heterocycles. The van der Waals surface area contributed by atoms with Crippen molar-refractivity contribution in [2.45, 2.75) is 32.2 Å². The normalized spacial score (nSPS) is 21.5. The van der Waals surface area contributed by atoms with Crippen molar-refractivity contribution in [2.75, 3.05) is 26.3 Å². The third kappa shape index (κ3) is 3.45. The largest absolute Gasteiger partial charge is 0.381 e. The summed E-state index contributed by atoms with van der Waals surface area (Å²) in [6, 6.07) is 7.38. The Bertz CT molecular complexity index is 512. The van der Waals surface area contributed by atoms with E-state index in [1.807, 2.05) is 36.1 Å². The molecular formula is C17H25ClN2O2. The molecule has 0 bridgehead atoms. The molecule has 2 saturated heterocycles. The van der Waals surface area contributed by atoms with Gasteiger partial charge in [-0.2, -0.15) is 0 Å². The first-order valence-corrected chi connectivity index (χ1v) is 7.78. The summed E-state index contributed by atoms with van der Waals surface area (Å²) in [7, 11) is 0. The highest BCUT2D eigenvalue weighted by Gasteiger charge is 2.41. The summed E-state index contributed by atoms with van der Waals surface area (Å²) in [6.07, 6.45) is 3.22. The maximum Gasteiger partial charge on any atom is 0.244 e. The molecule has 1 unspecified atom stereocenters. The van der Waals surface area contributed by atoms with E-state index in [9.17, 15) is 4.79 Å². The van der Waals surface area contributed by atoms with Crippen LogP contribution in [0.2, 0.25) is 0 Å². The van der Waals surface area contributed by atoms with Crippen LogP contribution in [-0.2, 0) is 9.53 Å². The number of carbonyl (C=O) groups excluding carboxylic acids is 1. The van der Waals surface area contributed by atoms with Gasteiger partial charge in [0.2, 0.25) is 5.91 Å². The van der Waals surface area contributed by atoms with Gasteiger partial charge in [-0.25, -0.2) is 0 Å². The van der Waals surface area contributed by atoms with E-state index in [-0.39, 0.29) is 23.7 Å². The van der Waals surface area contributed by atoms with Crippen molar-refractivity contribution in [3.05, 3.63) is 35.4 Å². The molecule has 1 amide bonds. The van der Waals surface area contributed by atoms with Crippen LogP contribution in [0.15, 0.2) is 24.3 Å². The lowest BCUT2D eigenvalue weighted by Crippen LogP contribution is -2.40. The number of benzene rings is 1. The number of aryl methyl sites for hydroxylation is 1. The molecular weight excluding hydrogens is 300 g/mol. The Kier molecular flexibility index (Phi) is 5.48. The van der Waals surface area contributed by atoms with E-state index >= 15 is 0 Å². The molecule has 122 valence electrons. The van der Waals surface area contributed by atoms with Crippen LogP contribution in [0.4, 0.5) is 0 Å². The Labute approximate surface area is 138 Å². The van der Waals surface area contributed by atoms with Crippen molar-refractivity contribution in [1.82, 2.24) is 4.90 Å². The third-order valence-electron chi connectivity index (χ3n) is 5.01. The third-order valence-corrected chi connectivity index (χ3v) is 5.01. The highest BCUT2D eigenvalue weighted by atomic mass is 35.5. The second-order valence-corrected chi connectivity index (χ2v) is 6.51. The zero-order valence-electron chi connectivity index (χ0n) is 13.1. The molecule has 0 aliphatic carbocycles. The maximum absolute atomic E-state index is 12.6. The van der Waals surface area contributed by atoms with Gasteiger partial charge < -0.3 is 15.4 Å². The molecule has 22 heavy (non-hydrogen) atoms. The average Bonchev–Trinajstić information content (AvgIpc) is 2.91. The van der Waals surface area contributed by atoms with Crippen LogP contribution >= 0.6 is 12.4 Å². The standard InChI is InChI=1S/C17H24N2O2.ClH/c1-13-2-4-14(5-3-13)15(18)16(20)19-9-6-17(12-19)7-10-21-11-8-17;/h2-5,15H,6-12,18H2,1H3;1H. The van der Waals surface area contributed by atoms with Crippen LogP contribution in [0.5, 0.6) is 0 Å². The van der Waals surface area contributed by atoms with E-state index in [2.05, 4.69) is 0 Å². The number of nitrogens with zero attached hydrogens (tertiary/aromatic N) is 1. The molecule has 5 heteroatoms. The highest BCUT2D eigenvalue weighted by Crippen LogP contribution is 2.40. The van der Waals surface area contributed by atoms with Gasteiger partial charge in [-0.1, -0.05) is 29.8 Å². The minimum Gasteiger partial charge on any atom is -0.381 e. The minimum absolute atomic E-state index is 0. The first-order valence-electron chi connectivity index (χ1n) is 7.78. The molecule has 1 atom stereocenters. The lowest BCUT2D eigenvalue weighted by atomic mass is 9.80. The molecule has 2 heterocycles. The zero-order valence-corrected chi connectivity index (χ0v) is 13.9. The van der Waals surface area contributed by atoms with Crippen molar-refractivity contribution in [1.29, 1.82) is 0 Å². The Morgan fingerprint density at radius 2 is 1.86 bits per heavy atom. The maximum atomic E-state index is 12.6. The van der Waals surface area contributed by atoms with Gasteiger partial charge in [-0.3, -0.25) is 4.79 Å². The van der Waals surface area contributed by atoms with Crippen LogP contribution in [0, 0.1) is 12.3 Å². The smallest absolute Gasteiger partial charge is 0.244 e. The number of amides is 1. The number of hydrogen-bond acceptors (Lipinski definition) is 3. The van der Waals surface area contributed by atoms with Crippen molar-refractivity contribution < 1.29 is 9.53 Å². The molecule has 2 aliphatic heterocycles. The molecule has 0 radical (unpaired) electrons. The van der Waals surface area contributed by atoms with E-state index in [4.69, 9.17) is 10.5 Å². The number of likely N-dealkylation sites (tertiary alicyclic amines) is 1. The average molecular weight is 325 g/mol. The summed E-state index contributed by atoms with van der Waals surface area (Å²) in [6.45, 7) is 5.36. The van der Waals surface area contributed by atoms with Gasteiger partial charge >= 0.3 is 0 Å². The van der Waals surface area contributed by atoms with Crippen LogP contribution in [-0.4, -0.2) is 37.1 Å². The number of nitrogens with two attached hydrogens (primary N) is 1. The van der Waals surface area contributed by atoms with Crippen LogP contribution in [0.3, 0.4) is 0 Å². The van der Waals surface area contributed by atoms with Gasteiger partial charge in [0.05, 0.1) is 0 Å². The molecule has 1 spiro atoms. The first-order chi connectivity index (χ1) is 10.1. The van der Waals surface area contributed by atoms with E-state index in [1.54, 1.807) is 0 Å². The predicted octanol–water partition coefficient (Wildman–Crippen LogP) is 2.45. The molecule has 1 aromatic carbocycles. The van der Waals surface area contributed by atoms with E-state index in [1.165, 1.54) is 5.56 Å². The molecule has 1 aromatic rings. The number of rotatable bonds is 2. The Balaban J connectivity index is 0.00000176. The van der Waals surface area contributed by atoms with Crippen LogP contribution in [0.1, 0.15) is 36.4 Å². The SMILES string of the molecule is Cc1ccc(C(N)C(=O)N2CCC3(CCOCC3)C2)cc1.Cl. The summed E-state index contributed by atoms with van der Waals surface area (Å²) < 4.78 is 5.45. The fourth-order valence-corrected chi connectivity index (χ4v) is 3.45. The summed E-state index contributed by atoms with van der Waals surface area (Å²) >= 11 is 0. The zero-order chi connectivity index (χ0) is 14.9. The monoisotopic (exact) mass is 324 g/mol. The fraction of sp³-hybridized carbons (Fsp3) is 0.588. The fourth-order valence-electron chi connectivity index (χ4n) is 3.45. The number of halogens is 1. The molecule has 0 saturated carbocycles. The summed E-state index contributed by atoms with van der Waals surface area (Å²) in [5.74, 6) is 0.0576. The quantitative estimate of drug-likeness (QED) is 0.909. The van der Waals surface area contributed by atoms with Gasteiger partial charge in [0.25, 0.3) is 0 Å². The van der Waals surface area contributed by atoms with Gasteiger partial charge in [-0.05, 0) is 37.2 Å². The van der Waals surface area contributed by atoms with E-state index in [0.717, 1.165) is 51.1 Å². The topological polar surface area (TPSA) is 55.6 Å². The minimum atomic E-state index is -0.541. The Morgan fingerprint density at radius 3 is 2.50 bits per heavy atom. The molecule has 2 aliphatic rings. The number of carbonyl (C=O) groups is 1. The van der Waals surface area contributed by atoms with Crippen LogP contribution < -0.4 is 5.73 Å².